The van der Waals surface area contributed by atoms with E-state index in [-0.39, 0.29) is 24.1 Å². The number of hydrogen-bond donors (Lipinski definition) is 2. The minimum Gasteiger partial charge on any atom is -0.394 e. The van der Waals surface area contributed by atoms with Crippen LogP contribution in [0.4, 0.5) is 4.39 Å². The van der Waals surface area contributed by atoms with E-state index < -0.39 is 11.7 Å². The first kappa shape index (κ1) is 12.6. The molecule has 1 atom stereocenters. The van der Waals surface area contributed by atoms with Crippen molar-refractivity contribution in [3.05, 3.63) is 29.8 Å². The van der Waals surface area contributed by atoms with Gasteiger partial charge >= 0.3 is 0 Å². The first-order valence-corrected chi connectivity index (χ1v) is 5.07. The quantitative estimate of drug-likeness (QED) is 0.804. The van der Waals surface area contributed by atoms with Crippen molar-refractivity contribution in [2.24, 2.45) is 5.92 Å². The van der Waals surface area contributed by atoms with Crippen molar-refractivity contribution in [1.29, 1.82) is 0 Å². The zero-order valence-electron chi connectivity index (χ0n) is 9.27. The van der Waals surface area contributed by atoms with Gasteiger partial charge in [0.1, 0.15) is 5.82 Å². The molecule has 0 saturated heterocycles. The maximum Gasteiger partial charge on any atom is 0.253 e. The number of pyridine rings is 1. The van der Waals surface area contributed by atoms with Crippen LogP contribution in [0.25, 0.3) is 0 Å². The third-order valence-corrected chi connectivity index (χ3v) is 2.28. The molecular weight excluding hydrogens is 211 g/mol. The van der Waals surface area contributed by atoms with Crippen LogP contribution in [-0.4, -0.2) is 28.6 Å². The zero-order valence-corrected chi connectivity index (χ0v) is 9.27. The Kier molecular flexibility index (Phi) is 4.37. The zero-order chi connectivity index (χ0) is 12.1. The monoisotopic (exact) mass is 226 g/mol. The summed E-state index contributed by atoms with van der Waals surface area (Å²) < 4.78 is 12.8. The molecule has 0 aromatic carbocycles. The lowest BCUT2D eigenvalue weighted by Gasteiger charge is -2.19. The molecule has 1 heterocycles. The van der Waals surface area contributed by atoms with Crippen molar-refractivity contribution in [3.63, 3.8) is 0 Å². The summed E-state index contributed by atoms with van der Waals surface area (Å²) in [5.41, 5.74) is 0.152. The predicted molar refractivity (Wildman–Crippen MR) is 57.4 cm³/mol. The molecule has 0 saturated carbocycles. The molecule has 88 valence electrons. The van der Waals surface area contributed by atoms with Gasteiger partial charge in [-0.1, -0.05) is 13.8 Å². The summed E-state index contributed by atoms with van der Waals surface area (Å²) in [4.78, 5) is 15.2. The highest BCUT2D eigenvalue weighted by Gasteiger charge is 2.16. The molecule has 0 unspecified atom stereocenters. The van der Waals surface area contributed by atoms with Crippen LogP contribution in [0.1, 0.15) is 24.2 Å². The van der Waals surface area contributed by atoms with Crippen molar-refractivity contribution in [2.45, 2.75) is 19.9 Å². The third kappa shape index (κ3) is 3.27. The molecule has 0 radical (unpaired) electrons. The lowest BCUT2D eigenvalue weighted by molar-refractivity contribution is 0.0896. The summed E-state index contributed by atoms with van der Waals surface area (Å²) in [5.74, 6) is -0.882. The van der Waals surface area contributed by atoms with Gasteiger partial charge < -0.3 is 10.4 Å². The molecule has 1 rings (SSSR count). The Hall–Kier alpha value is -1.49. The average molecular weight is 226 g/mol. The van der Waals surface area contributed by atoms with Crippen molar-refractivity contribution < 1.29 is 14.3 Å². The molecule has 0 spiro atoms. The van der Waals surface area contributed by atoms with E-state index in [1.807, 2.05) is 13.8 Å². The number of aliphatic hydroxyl groups is 1. The van der Waals surface area contributed by atoms with Crippen molar-refractivity contribution >= 4 is 5.91 Å². The summed E-state index contributed by atoms with van der Waals surface area (Å²) in [6.45, 7) is 3.61. The number of carbonyl (C=O) groups excluding carboxylic acids is 1. The highest BCUT2D eigenvalue weighted by atomic mass is 19.1. The van der Waals surface area contributed by atoms with Gasteiger partial charge in [-0.3, -0.25) is 9.78 Å². The molecule has 0 bridgehead atoms. The smallest absolute Gasteiger partial charge is 0.253 e. The standard InChI is InChI=1S/C11H15FN2O2/c1-7(2)10(6-15)14-11(16)8-3-9(12)5-13-4-8/h3-5,7,10,15H,6H2,1-2H3,(H,14,16)/t10-/m1/s1. The third-order valence-electron chi connectivity index (χ3n) is 2.28. The molecule has 16 heavy (non-hydrogen) atoms. The predicted octanol–water partition coefficient (Wildman–Crippen LogP) is 0.967. The summed E-state index contributed by atoms with van der Waals surface area (Å²) in [7, 11) is 0. The number of nitrogens with one attached hydrogen (secondary N) is 1. The summed E-state index contributed by atoms with van der Waals surface area (Å²) in [6.07, 6.45) is 2.32. The van der Waals surface area contributed by atoms with Crippen molar-refractivity contribution in [1.82, 2.24) is 10.3 Å². The molecule has 2 N–H and O–H groups in total. The van der Waals surface area contributed by atoms with Gasteiger partial charge in [0, 0.05) is 6.20 Å². The van der Waals surface area contributed by atoms with E-state index in [2.05, 4.69) is 10.3 Å². The Labute approximate surface area is 93.5 Å². The minimum absolute atomic E-state index is 0.107. The van der Waals surface area contributed by atoms with Gasteiger partial charge in [-0.25, -0.2) is 4.39 Å². The van der Waals surface area contributed by atoms with Gasteiger partial charge in [-0.2, -0.15) is 0 Å². The van der Waals surface area contributed by atoms with Gasteiger partial charge in [0.15, 0.2) is 0 Å². The Balaban J connectivity index is 2.72. The van der Waals surface area contributed by atoms with Crippen LogP contribution in [0.2, 0.25) is 0 Å². The van der Waals surface area contributed by atoms with E-state index in [1.165, 1.54) is 6.20 Å². The van der Waals surface area contributed by atoms with E-state index in [4.69, 9.17) is 5.11 Å². The summed E-state index contributed by atoms with van der Waals surface area (Å²) >= 11 is 0. The SMILES string of the molecule is CC(C)[C@@H](CO)NC(=O)c1cncc(F)c1. The van der Waals surface area contributed by atoms with E-state index in [0.717, 1.165) is 12.3 Å². The van der Waals surface area contributed by atoms with E-state index in [9.17, 15) is 9.18 Å². The maximum atomic E-state index is 12.8. The fourth-order valence-electron chi connectivity index (χ4n) is 1.21. The van der Waals surface area contributed by atoms with Crippen LogP contribution in [0.3, 0.4) is 0 Å². The number of aromatic nitrogens is 1. The second-order valence-electron chi connectivity index (χ2n) is 3.90. The largest absolute Gasteiger partial charge is 0.394 e. The van der Waals surface area contributed by atoms with Gasteiger partial charge in [-0.15, -0.1) is 0 Å². The molecule has 5 heteroatoms. The normalized spacial score (nSPS) is 12.6. The first-order valence-electron chi connectivity index (χ1n) is 5.07. The number of carbonyl (C=O) groups is 1. The molecule has 4 nitrogen and oxygen atoms in total. The van der Waals surface area contributed by atoms with E-state index in [1.54, 1.807) is 0 Å². The fourth-order valence-corrected chi connectivity index (χ4v) is 1.21. The topological polar surface area (TPSA) is 62.2 Å². The average Bonchev–Trinajstić information content (AvgIpc) is 2.25. The number of amides is 1. The van der Waals surface area contributed by atoms with E-state index in [0.29, 0.717) is 0 Å². The lowest BCUT2D eigenvalue weighted by Crippen LogP contribution is -2.41. The Bertz CT molecular complexity index is 369. The molecule has 1 amide bonds. The molecule has 0 aliphatic carbocycles. The van der Waals surface area contributed by atoms with Gasteiger partial charge in [0.25, 0.3) is 5.91 Å². The Morgan fingerprint density at radius 3 is 2.75 bits per heavy atom. The molecule has 0 aliphatic heterocycles. The summed E-state index contributed by atoms with van der Waals surface area (Å²) in [6, 6.07) is 0.771. The number of hydrogen-bond acceptors (Lipinski definition) is 3. The highest BCUT2D eigenvalue weighted by molar-refractivity contribution is 5.94. The van der Waals surface area contributed by atoms with Crippen molar-refractivity contribution in [3.8, 4) is 0 Å². The fraction of sp³-hybridized carbons (Fsp3) is 0.455. The van der Waals surface area contributed by atoms with Gasteiger partial charge in [0.2, 0.25) is 0 Å². The second-order valence-corrected chi connectivity index (χ2v) is 3.90. The number of aliphatic hydroxyl groups excluding tert-OH is 1. The molecule has 1 aromatic rings. The highest BCUT2D eigenvalue weighted by Crippen LogP contribution is 2.04. The second kappa shape index (κ2) is 5.55. The van der Waals surface area contributed by atoms with Crippen molar-refractivity contribution in [2.75, 3.05) is 6.61 Å². The maximum absolute atomic E-state index is 12.8. The number of halogens is 1. The molecule has 0 aliphatic rings. The molecule has 0 fully saturated rings. The lowest BCUT2D eigenvalue weighted by atomic mass is 10.1. The Morgan fingerprint density at radius 2 is 2.25 bits per heavy atom. The Morgan fingerprint density at radius 1 is 1.56 bits per heavy atom. The summed E-state index contributed by atoms with van der Waals surface area (Å²) in [5, 5.41) is 11.7. The number of nitrogens with zero attached hydrogens (tertiary/aromatic N) is 1. The van der Waals surface area contributed by atoms with Gasteiger partial charge in [0.05, 0.1) is 24.4 Å². The van der Waals surface area contributed by atoms with Gasteiger partial charge in [-0.05, 0) is 12.0 Å². The minimum atomic E-state index is -0.558. The molecule has 1 aromatic heterocycles. The van der Waals surface area contributed by atoms with Crippen LogP contribution in [0, 0.1) is 11.7 Å². The van der Waals surface area contributed by atoms with Crippen LogP contribution in [-0.2, 0) is 0 Å². The molecular formula is C11H15FN2O2. The van der Waals surface area contributed by atoms with Crippen LogP contribution < -0.4 is 5.32 Å². The van der Waals surface area contributed by atoms with Crippen LogP contribution in [0.15, 0.2) is 18.5 Å². The van der Waals surface area contributed by atoms with Crippen LogP contribution >= 0.6 is 0 Å². The first-order chi connectivity index (χ1) is 7.54. The number of rotatable bonds is 4. The van der Waals surface area contributed by atoms with E-state index >= 15 is 0 Å². The van der Waals surface area contributed by atoms with Crippen LogP contribution in [0.5, 0.6) is 0 Å².